The van der Waals surface area contributed by atoms with Crippen LogP contribution >= 0.6 is 0 Å². The number of hydrogen-bond acceptors (Lipinski definition) is 3. The largest absolute Gasteiger partial charge is 0.475 e. The van der Waals surface area contributed by atoms with Crippen molar-refractivity contribution in [1.82, 2.24) is 0 Å². The Morgan fingerprint density at radius 2 is 2.07 bits per heavy atom. The molecule has 4 nitrogen and oxygen atoms in total. The van der Waals surface area contributed by atoms with Crippen molar-refractivity contribution < 1.29 is 14.7 Å². The second-order valence-corrected chi connectivity index (χ2v) is 3.34. The first-order valence-corrected chi connectivity index (χ1v) is 4.56. The summed E-state index contributed by atoms with van der Waals surface area (Å²) >= 11 is 0. The molecule has 0 fully saturated rings. The second kappa shape index (κ2) is 3.65. The fraction of sp³-hybridized carbons (Fsp3) is 0.182. The predicted octanol–water partition coefficient (Wildman–Crippen LogP) is -0.486. The molecule has 0 amide bonds. The first-order valence-electron chi connectivity index (χ1n) is 4.56. The van der Waals surface area contributed by atoms with E-state index in [1.54, 1.807) is 0 Å². The molecular formula is C11H9NO3. The summed E-state index contributed by atoms with van der Waals surface area (Å²) in [6.45, 7) is 0.429. The van der Waals surface area contributed by atoms with E-state index in [9.17, 15) is 9.59 Å². The summed E-state index contributed by atoms with van der Waals surface area (Å²) in [6, 6.07) is 7.43. The number of aliphatic carboxylic acids is 1. The molecule has 0 unspecified atom stereocenters. The molecule has 0 radical (unpaired) electrons. The maximum atomic E-state index is 11.0. The zero-order valence-corrected chi connectivity index (χ0v) is 7.93. The Balaban J connectivity index is 2.39. The van der Waals surface area contributed by atoms with Gasteiger partial charge in [0.15, 0.2) is 0 Å². The molecule has 1 aliphatic rings. The highest BCUT2D eigenvalue weighted by atomic mass is 16.4. The van der Waals surface area contributed by atoms with Crippen LogP contribution < -0.4 is 10.6 Å². The van der Waals surface area contributed by atoms with E-state index in [-0.39, 0.29) is 6.42 Å². The smallest absolute Gasteiger partial charge is 0.372 e. The molecule has 76 valence electrons. The van der Waals surface area contributed by atoms with Crippen molar-refractivity contribution in [2.24, 2.45) is 4.99 Å². The van der Waals surface area contributed by atoms with E-state index in [0.717, 1.165) is 16.1 Å². The minimum absolute atomic E-state index is 0.0458. The van der Waals surface area contributed by atoms with Gasteiger partial charge in [-0.2, -0.15) is 0 Å². The minimum Gasteiger partial charge on any atom is -0.475 e. The number of benzene rings is 1. The van der Waals surface area contributed by atoms with Gasteiger partial charge in [-0.15, -0.1) is 0 Å². The predicted molar refractivity (Wildman–Crippen MR) is 52.8 cm³/mol. The number of nitrogens with zero attached hydrogens (tertiary/aromatic N) is 1. The van der Waals surface area contributed by atoms with Crippen LogP contribution in [0.3, 0.4) is 0 Å². The highest BCUT2D eigenvalue weighted by Crippen LogP contribution is 2.04. The number of carboxylic acid groups (broad SMARTS) is 1. The van der Waals surface area contributed by atoms with Crippen LogP contribution in [0.1, 0.15) is 6.42 Å². The molecule has 15 heavy (non-hydrogen) atoms. The Kier molecular flexibility index (Phi) is 2.33. The summed E-state index contributed by atoms with van der Waals surface area (Å²) in [4.78, 5) is 25.7. The summed E-state index contributed by atoms with van der Waals surface area (Å²) < 4.78 is 0. The van der Waals surface area contributed by atoms with Gasteiger partial charge in [0, 0.05) is 11.6 Å². The molecule has 0 aliphatic carbocycles. The van der Waals surface area contributed by atoms with Crippen LogP contribution in [0.5, 0.6) is 0 Å². The lowest BCUT2D eigenvalue weighted by molar-refractivity contribution is -0.148. The summed E-state index contributed by atoms with van der Waals surface area (Å²) in [6.07, 6.45) is -0.0458. The quantitative estimate of drug-likeness (QED) is 0.674. The van der Waals surface area contributed by atoms with E-state index < -0.39 is 11.8 Å². The molecule has 1 aliphatic heterocycles. The standard InChI is InChI=1S/C11H9NO3/c13-10(11(14)15)5-7-6-12-9-4-2-1-3-8(7)9/h1-4H,5-6H2,(H,14,15). The van der Waals surface area contributed by atoms with E-state index in [1.807, 2.05) is 24.3 Å². The molecule has 1 N–H and O–H groups in total. The molecule has 0 spiro atoms. The van der Waals surface area contributed by atoms with Crippen molar-refractivity contribution in [2.75, 3.05) is 6.54 Å². The Morgan fingerprint density at radius 1 is 1.33 bits per heavy atom. The van der Waals surface area contributed by atoms with E-state index in [2.05, 4.69) is 4.99 Å². The van der Waals surface area contributed by atoms with Gasteiger partial charge in [0.1, 0.15) is 0 Å². The summed E-state index contributed by atoms with van der Waals surface area (Å²) in [5, 5.41) is 10.2. The lowest BCUT2D eigenvalue weighted by atomic mass is 10.1. The number of fused-ring (bicyclic) bond motifs is 1. The summed E-state index contributed by atoms with van der Waals surface area (Å²) in [7, 11) is 0. The van der Waals surface area contributed by atoms with Crippen LogP contribution in [0.15, 0.2) is 29.3 Å². The minimum atomic E-state index is -1.38. The number of para-hydroxylation sites is 1. The number of hydrogen-bond donors (Lipinski definition) is 1. The van der Waals surface area contributed by atoms with Crippen molar-refractivity contribution in [3.8, 4) is 0 Å². The Hall–Kier alpha value is -1.97. The van der Waals surface area contributed by atoms with Crippen LogP contribution in [0, 0.1) is 0 Å². The van der Waals surface area contributed by atoms with Crippen LogP contribution in [-0.4, -0.2) is 23.4 Å². The Bertz CT molecular complexity index is 545. The van der Waals surface area contributed by atoms with Gasteiger partial charge in [0.25, 0.3) is 0 Å². The van der Waals surface area contributed by atoms with Gasteiger partial charge >= 0.3 is 5.97 Å². The SMILES string of the molecule is O=C(O)C(=O)CC1=c2ccccc2=NC1. The van der Waals surface area contributed by atoms with Crippen LogP contribution in [-0.2, 0) is 9.59 Å². The summed E-state index contributed by atoms with van der Waals surface area (Å²) in [5.41, 5.74) is 0.790. The lowest BCUT2D eigenvalue weighted by Crippen LogP contribution is -2.23. The van der Waals surface area contributed by atoms with Gasteiger partial charge in [-0.25, -0.2) is 4.79 Å². The van der Waals surface area contributed by atoms with Gasteiger partial charge < -0.3 is 5.11 Å². The Morgan fingerprint density at radius 3 is 2.80 bits per heavy atom. The zero-order valence-electron chi connectivity index (χ0n) is 7.93. The van der Waals surface area contributed by atoms with E-state index in [0.29, 0.717) is 6.54 Å². The van der Waals surface area contributed by atoms with E-state index in [1.165, 1.54) is 0 Å². The fourth-order valence-corrected chi connectivity index (χ4v) is 1.60. The number of carbonyl (C=O) groups excluding carboxylic acids is 1. The molecule has 1 aromatic carbocycles. The number of ketones is 1. The second-order valence-electron chi connectivity index (χ2n) is 3.34. The fourth-order valence-electron chi connectivity index (χ4n) is 1.60. The Labute approximate surface area is 85.6 Å². The number of carbonyl (C=O) groups is 2. The molecule has 0 atom stereocenters. The average molecular weight is 203 g/mol. The summed E-state index contributed by atoms with van der Waals surface area (Å²) in [5.74, 6) is -2.16. The van der Waals surface area contributed by atoms with Crippen molar-refractivity contribution >= 4 is 17.3 Å². The normalized spacial score (nSPS) is 13.2. The monoisotopic (exact) mass is 203 g/mol. The molecule has 4 heteroatoms. The van der Waals surface area contributed by atoms with Gasteiger partial charge in [-0.05, 0) is 11.6 Å². The van der Waals surface area contributed by atoms with Gasteiger partial charge in [0.05, 0.1) is 11.9 Å². The van der Waals surface area contributed by atoms with Crippen LogP contribution in [0.25, 0.3) is 5.57 Å². The molecule has 0 bridgehead atoms. The van der Waals surface area contributed by atoms with Crippen LogP contribution in [0.2, 0.25) is 0 Å². The van der Waals surface area contributed by atoms with E-state index in [4.69, 9.17) is 5.11 Å². The molecule has 0 saturated heterocycles. The van der Waals surface area contributed by atoms with Crippen molar-refractivity contribution in [3.63, 3.8) is 0 Å². The third-order valence-corrected chi connectivity index (χ3v) is 2.34. The highest BCUT2D eigenvalue weighted by molar-refractivity contribution is 6.34. The van der Waals surface area contributed by atoms with Crippen molar-refractivity contribution in [2.45, 2.75) is 6.42 Å². The molecular weight excluding hydrogens is 194 g/mol. The molecule has 1 aromatic rings. The van der Waals surface area contributed by atoms with Gasteiger partial charge in [-0.3, -0.25) is 9.79 Å². The third kappa shape index (κ3) is 1.79. The molecule has 0 aromatic heterocycles. The maximum Gasteiger partial charge on any atom is 0.372 e. The van der Waals surface area contributed by atoms with E-state index >= 15 is 0 Å². The third-order valence-electron chi connectivity index (χ3n) is 2.34. The first-order chi connectivity index (χ1) is 7.18. The topological polar surface area (TPSA) is 66.7 Å². The number of carboxylic acids is 1. The van der Waals surface area contributed by atoms with Gasteiger partial charge in [-0.1, -0.05) is 18.2 Å². The molecule has 0 saturated carbocycles. The first kappa shape index (κ1) is 9.58. The van der Waals surface area contributed by atoms with Crippen molar-refractivity contribution in [3.05, 3.63) is 34.8 Å². The number of rotatable bonds is 3. The van der Waals surface area contributed by atoms with Crippen LogP contribution in [0.4, 0.5) is 0 Å². The number of Topliss-reactive ketones (excluding diaryl/α,β-unsaturated/α-hetero) is 1. The van der Waals surface area contributed by atoms with Crippen molar-refractivity contribution in [1.29, 1.82) is 0 Å². The zero-order chi connectivity index (χ0) is 10.8. The average Bonchev–Trinajstić information content (AvgIpc) is 2.62. The highest BCUT2D eigenvalue weighted by Gasteiger charge is 2.16. The lowest BCUT2D eigenvalue weighted by Gasteiger charge is -1.96. The molecule has 2 rings (SSSR count). The maximum absolute atomic E-state index is 11.0. The van der Waals surface area contributed by atoms with Gasteiger partial charge in [0.2, 0.25) is 5.78 Å². The molecule has 1 heterocycles.